The second kappa shape index (κ2) is 11.0. The van der Waals surface area contributed by atoms with Gasteiger partial charge >= 0.3 is 12.1 Å². The smallest absolute Gasteiger partial charge is 0.414 e. The first kappa shape index (κ1) is 29.2. The Hall–Kier alpha value is -4.92. The molecule has 2 amide bonds. The molecule has 2 atom stereocenters. The summed E-state index contributed by atoms with van der Waals surface area (Å²) >= 11 is 0. The first-order valence-electron chi connectivity index (χ1n) is 14.0. The minimum atomic E-state index is -1.40. The van der Waals surface area contributed by atoms with Gasteiger partial charge in [0.1, 0.15) is 35.0 Å². The van der Waals surface area contributed by atoms with Crippen molar-refractivity contribution in [2.24, 2.45) is 5.73 Å². The SMILES string of the molecule is CC(=O)C(N)C1CN(c2ccc(C(=O)N3CCN(c4nc5c(cc4F)c(=O)c(C(=O)O)cn5C4CC4)CC3)c(F)c2)C(=O)O1. The van der Waals surface area contributed by atoms with E-state index in [1.54, 1.807) is 9.47 Å². The second-order valence-corrected chi connectivity index (χ2v) is 11.1. The van der Waals surface area contributed by atoms with Gasteiger partial charge in [-0.3, -0.25) is 19.3 Å². The van der Waals surface area contributed by atoms with Gasteiger partial charge < -0.3 is 29.9 Å². The fraction of sp³-hybridized carbons (Fsp3) is 0.379. The molecule has 3 aliphatic rings. The normalized spacial score (nSPS) is 19.3. The number of anilines is 2. The highest BCUT2D eigenvalue weighted by Crippen LogP contribution is 2.37. The molecule has 0 radical (unpaired) electrons. The number of carboxylic acids is 1. The molecular formula is C29H28F2N6O7. The third-order valence-corrected chi connectivity index (χ3v) is 8.18. The molecule has 2 unspecified atom stereocenters. The molecule has 1 aromatic carbocycles. The quantitative estimate of drug-likeness (QED) is 0.403. The summed E-state index contributed by atoms with van der Waals surface area (Å²) in [5.41, 5.74) is 4.64. The van der Waals surface area contributed by atoms with Crippen molar-refractivity contribution in [1.82, 2.24) is 14.5 Å². The van der Waals surface area contributed by atoms with Crippen LogP contribution in [0.1, 0.15) is 46.5 Å². The number of nitrogens with zero attached hydrogens (tertiary/aromatic N) is 5. The number of hydrogen-bond donors (Lipinski definition) is 2. The van der Waals surface area contributed by atoms with E-state index in [-0.39, 0.29) is 72.7 Å². The van der Waals surface area contributed by atoms with Crippen LogP contribution in [0.4, 0.5) is 25.1 Å². The Morgan fingerprint density at radius 1 is 1.05 bits per heavy atom. The number of aromatic carboxylic acids is 1. The summed E-state index contributed by atoms with van der Waals surface area (Å²) < 4.78 is 37.1. The number of benzene rings is 1. The minimum Gasteiger partial charge on any atom is -0.477 e. The number of carbonyl (C=O) groups is 4. The molecule has 3 fully saturated rings. The van der Waals surface area contributed by atoms with Crippen LogP contribution in [0.5, 0.6) is 0 Å². The lowest BCUT2D eigenvalue weighted by atomic mass is 10.1. The molecule has 0 spiro atoms. The van der Waals surface area contributed by atoms with Gasteiger partial charge in [-0.25, -0.2) is 23.4 Å². The largest absolute Gasteiger partial charge is 0.477 e. The molecule has 3 N–H and O–H groups in total. The Bertz CT molecular complexity index is 1780. The maximum Gasteiger partial charge on any atom is 0.414 e. The van der Waals surface area contributed by atoms with Crippen LogP contribution >= 0.6 is 0 Å². The van der Waals surface area contributed by atoms with Crippen LogP contribution in [0.3, 0.4) is 0 Å². The average Bonchev–Trinajstić information content (AvgIpc) is 3.77. The summed E-state index contributed by atoms with van der Waals surface area (Å²) in [6, 6.07) is 3.66. The first-order valence-corrected chi connectivity index (χ1v) is 14.0. The molecule has 4 heterocycles. The number of amides is 2. The molecule has 1 saturated carbocycles. The number of piperazine rings is 1. The van der Waals surface area contributed by atoms with Gasteiger partial charge in [-0.2, -0.15) is 0 Å². The standard InChI is InChI=1S/C29H28F2N6O7/c1-14(38)23(32)22-13-37(29(43)44-22)16-4-5-17(20(30)10-16)27(40)35-8-6-34(7-9-35)26-21(31)11-18-24(39)19(28(41)42)12-36(15-2-3-15)25(18)33-26/h4-5,10-12,15,22-23H,2-3,6-9,13,32H2,1H3,(H,41,42). The van der Waals surface area contributed by atoms with Gasteiger partial charge in [0.05, 0.1) is 23.2 Å². The molecule has 3 aromatic rings. The topological polar surface area (TPSA) is 168 Å². The van der Waals surface area contributed by atoms with Gasteiger partial charge in [0.25, 0.3) is 5.91 Å². The lowest BCUT2D eigenvalue weighted by Crippen LogP contribution is -2.49. The van der Waals surface area contributed by atoms with Crippen molar-refractivity contribution < 1.29 is 37.8 Å². The number of rotatable bonds is 7. The zero-order valence-corrected chi connectivity index (χ0v) is 23.5. The number of pyridine rings is 2. The van der Waals surface area contributed by atoms with Crippen molar-refractivity contribution in [3.63, 3.8) is 0 Å². The Labute approximate surface area is 248 Å². The van der Waals surface area contributed by atoms with Crippen LogP contribution in [0.2, 0.25) is 0 Å². The van der Waals surface area contributed by atoms with E-state index < -0.39 is 52.7 Å². The number of carboxylic acid groups (broad SMARTS) is 1. The van der Waals surface area contributed by atoms with Gasteiger partial charge in [0.2, 0.25) is 5.43 Å². The van der Waals surface area contributed by atoms with E-state index in [9.17, 15) is 29.1 Å². The zero-order valence-electron chi connectivity index (χ0n) is 23.5. The van der Waals surface area contributed by atoms with E-state index in [2.05, 4.69) is 4.98 Å². The summed E-state index contributed by atoms with van der Waals surface area (Å²) in [4.78, 5) is 70.0. The number of fused-ring (bicyclic) bond motifs is 1. The Morgan fingerprint density at radius 3 is 2.36 bits per heavy atom. The lowest BCUT2D eigenvalue weighted by molar-refractivity contribution is -0.120. The molecule has 1 aliphatic carbocycles. The van der Waals surface area contributed by atoms with Crippen molar-refractivity contribution in [1.29, 1.82) is 0 Å². The summed E-state index contributed by atoms with van der Waals surface area (Å²) in [5, 5.41) is 9.32. The predicted molar refractivity (Wildman–Crippen MR) is 152 cm³/mol. The van der Waals surface area contributed by atoms with Crippen molar-refractivity contribution >= 4 is 46.3 Å². The van der Waals surface area contributed by atoms with Crippen molar-refractivity contribution in [3.05, 3.63) is 63.4 Å². The molecule has 13 nitrogen and oxygen atoms in total. The molecular weight excluding hydrogens is 582 g/mol. The fourth-order valence-electron chi connectivity index (χ4n) is 5.52. The number of hydrogen-bond acceptors (Lipinski definition) is 9. The van der Waals surface area contributed by atoms with Crippen LogP contribution in [-0.4, -0.2) is 88.2 Å². The first-order chi connectivity index (χ1) is 20.9. The van der Waals surface area contributed by atoms with Gasteiger partial charge in [-0.15, -0.1) is 0 Å². The molecule has 15 heteroatoms. The molecule has 6 rings (SSSR count). The molecule has 0 bridgehead atoms. The summed E-state index contributed by atoms with van der Waals surface area (Å²) in [6.07, 6.45) is 1.14. The molecule has 230 valence electrons. The summed E-state index contributed by atoms with van der Waals surface area (Å²) in [5.74, 6) is -4.04. The van der Waals surface area contributed by atoms with Crippen LogP contribution in [0.25, 0.3) is 11.0 Å². The molecule has 2 saturated heterocycles. The lowest BCUT2D eigenvalue weighted by Gasteiger charge is -2.35. The number of ketones is 1. The van der Waals surface area contributed by atoms with E-state index in [0.717, 1.165) is 29.9 Å². The highest BCUT2D eigenvalue weighted by molar-refractivity contribution is 5.97. The van der Waals surface area contributed by atoms with Gasteiger partial charge in [0, 0.05) is 38.4 Å². The third kappa shape index (κ3) is 5.12. The van der Waals surface area contributed by atoms with Gasteiger partial charge in [-0.1, -0.05) is 0 Å². The Kier molecular flexibility index (Phi) is 7.27. The Balaban J connectivity index is 1.17. The third-order valence-electron chi connectivity index (χ3n) is 8.18. The highest BCUT2D eigenvalue weighted by atomic mass is 19.1. The van der Waals surface area contributed by atoms with E-state index in [4.69, 9.17) is 10.5 Å². The predicted octanol–water partition coefficient (Wildman–Crippen LogP) is 1.91. The Morgan fingerprint density at radius 2 is 1.75 bits per heavy atom. The number of cyclic esters (lactones) is 1. The molecule has 44 heavy (non-hydrogen) atoms. The average molecular weight is 611 g/mol. The van der Waals surface area contributed by atoms with Crippen LogP contribution in [0.15, 0.2) is 35.3 Å². The number of Topliss-reactive ketones (excluding diaryl/α,β-unsaturated/α-hetero) is 1. The summed E-state index contributed by atoms with van der Waals surface area (Å²) in [6.45, 7) is 1.80. The van der Waals surface area contributed by atoms with Crippen molar-refractivity contribution in [2.45, 2.75) is 38.0 Å². The highest BCUT2D eigenvalue weighted by Gasteiger charge is 2.38. The zero-order chi connectivity index (χ0) is 31.4. The van der Waals surface area contributed by atoms with Crippen LogP contribution in [0, 0.1) is 11.6 Å². The van der Waals surface area contributed by atoms with Gasteiger partial charge in [-0.05, 0) is 44.0 Å². The summed E-state index contributed by atoms with van der Waals surface area (Å²) in [7, 11) is 0. The van der Waals surface area contributed by atoms with Crippen LogP contribution in [-0.2, 0) is 9.53 Å². The fourth-order valence-corrected chi connectivity index (χ4v) is 5.52. The van der Waals surface area contributed by atoms with E-state index >= 15 is 8.78 Å². The number of aromatic nitrogens is 2. The monoisotopic (exact) mass is 610 g/mol. The van der Waals surface area contributed by atoms with Crippen molar-refractivity contribution in [2.75, 3.05) is 42.5 Å². The van der Waals surface area contributed by atoms with E-state index in [1.807, 2.05) is 0 Å². The maximum absolute atomic E-state index is 15.2. The molecule has 2 aromatic heterocycles. The minimum absolute atomic E-state index is 0.0303. The van der Waals surface area contributed by atoms with Gasteiger partial charge in [0.15, 0.2) is 11.6 Å². The van der Waals surface area contributed by atoms with Crippen LogP contribution < -0.4 is 21.0 Å². The number of nitrogens with two attached hydrogens (primary N) is 1. The number of carbonyl (C=O) groups excluding carboxylic acids is 3. The molecule has 2 aliphatic heterocycles. The maximum atomic E-state index is 15.2. The number of halogens is 2. The van der Waals surface area contributed by atoms with Crippen molar-refractivity contribution in [3.8, 4) is 0 Å². The second-order valence-electron chi connectivity index (χ2n) is 11.1. The van der Waals surface area contributed by atoms with E-state index in [1.165, 1.54) is 30.2 Å². The van der Waals surface area contributed by atoms with E-state index in [0.29, 0.717) is 0 Å². The number of ether oxygens (including phenoxy) is 1.